The van der Waals surface area contributed by atoms with Gasteiger partial charge in [0, 0.05) is 55.8 Å². The van der Waals surface area contributed by atoms with E-state index in [0.717, 1.165) is 44.0 Å². The molecule has 1 aromatic rings. The van der Waals surface area contributed by atoms with Gasteiger partial charge < -0.3 is 19.7 Å². The number of nitrogens with one attached hydrogen (secondary N) is 1. The van der Waals surface area contributed by atoms with Crippen LogP contribution in [0.5, 0.6) is 0 Å². The quantitative estimate of drug-likeness (QED) is 0.760. The molecular formula is C22H32ClN3O4. The number of ether oxygens (including phenoxy) is 2. The molecule has 2 aliphatic rings. The summed E-state index contributed by atoms with van der Waals surface area (Å²) >= 11 is 6.42. The van der Waals surface area contributed by atoms with Gasteiger partial charge in [-0.25, -0.2) is 4.79 Å². The minimum atomic E-state index is -0.511. The maximum Gasteiger partial charge on any atom is 0.410 e. The van der Waals surface area contributed by atoms with Crippen LogP contribution in [0.15, 0.2) is 12.1 Å². The molecule has 0 radical (unpaired) electrons. The third kappa shape index (κ3) is 6.33. The van der Waals surface area contributed by atoms with E-state index in [1.807, 2.05) is 33.8 Å². The molecule has 0 aliphatic carbocycles. The molecular weight excluding hydrogens is 406 g/mol. The van der Waals surface area contributed by atoms with E-state index in [1.165, 1.54) is 0 Å². The number of carbonyl (C=O) groups excluding carboxylic acids is 2. The molecule has 7 nitrogen and oxygen atoms in total. The number of anilines is 1. The minimum Gasteiger partial charge on any atom is -0.444 e. The molecule has 166 valence electrons. The normalized spacial score (nSPS) is 18.1. The van der Waals surface area contributed by atoms with Crippen molar-refractivity contribution in [3.05, 3.63) is 28.3 Å². The van der Waals surface area contributed by atoms with Gasteiger partial charge in [0.1, 0.15) is 5.60 Å². The van der Waals surface area contributed by atoms with Gasteiger partial charge in [0.2, 0.25) is 5.91 Å². The molecule has 2 aliphatic heterocycles. The Balaban J connectivity index is 1.51. The highest BCUT2D eigenvalue weighted by molar-refractivity contribution is 6.31. The zero-order chi connectivity index (χ0) is 21.9. The molecule has 0 spiro atoms. The molecule has 0 bridgehead atoms. The summed E-state index contributed by atoms with van der Waals surface area (Å²) in [5.41, 5.74) is 2.35. The van der Waals surface area contributed by atoms with Crippen molar-refractivity contribution in [2.45, 2.75) is 46.3 Å². The maximum atomic E-state index is 12.5. The smallest absolute Gasteiger partial charge is 0.410 e. The lowest BCUT2D eigenvalue weighted by Crippen LogP contribution is -2.52. The van der Waals surface area contributed by atoms with Gasteiger partial charge in [-0.3, -0.25) is 9.69 Å². The zero-order valence-electron chi connectivity index (χ0n) is 18.3. The molecule has 2 saturated heterocycles. The highest BCUT2D eigenvalue weighted by atomic mass is 35.5. The van der Waals surface area contributed by atoms with Crippen molar-refractivity contribution >= 4 is 29.3 Å². The van der Waals surface area contributed by atoms with Crippen LogP contribution in [-0.4, -0.2) is 66.8 Å². The molecule has 2 heterocycles. The number of amides is 2. The van der Waals surface area contributed by atoms with Crippen LogP contribution in [-0.2, 0) is 20.8 Å². The summed E-state index contributed by atoms with van der Waals surface area (Å²) in [6.07, 6.45) is 0.0427. The number of hydrogen-bond donors (Lipinski definition) is 1. The molecule has 1 N–H and O–H groups in total. The Hall–Kier alpha value is -1.83. The second-order valence-electron chi connectivity index (χ2n) is 9.13. The number of hydrogen-bond acceptors (Lipinski definition) is 5. The van der Waals surface area contributed by atoms with Crippen LogP contribution in [0.3, 0.4) is 0 Å². The van der Waals surface area contributed by atoms with Crippen molar-refractivity contribution in [1.29, 1.82) is 0 Å². The van der Waals surface area contributed by atoms with E-state index in [9.17, 15) is 9.59 Å². The molecule has 3 rings (SSSR count). The van der Waals surface area contributed by atoms with Crippen molar-refractivity contribution in [3.8, 4) is 0 Å². The summed E-state index contributed by atoms with van der Waals surface area (Å²) in [7, 11) is 0. The summed E-state index contributed by atoms with van der Waals surface area (Å²) in [6.45, 7) is 12.7. The number of carbonyl (C=O) groups is 2. The Labute approximate surface area is 183 Å². The molecule has 0 unspecified atom stereocenters. The standard InChI is InChI=1S/C22H32ClN3O4/c1-15-17(14-25-5-7-29-8-6-25)10-18(11-19(15)23)24-20(27)9-16-12-26(13-16)21(28)30-22(2,3)4/h10-11,16H,5-9,12-14H2,1-4H3,(H,24,27). The molecule has 2 amide bonds. The average Bonchev–Trinajstić information content (AvgIpc) is 2.61. The summed E-state index contributed by atoms with van der Waals surface area (Å²) in [5.74, 6) is 0.0762. The van der Waals surface area contributed by atoms with Gasteiger partial charge in [-0.1, -0.05) is 11.6 Å². The van der Waals surface area contributed by atoms with E-state index in [2.05, 4.69) is 10.2 Å². The first kappa shape index (κ1) is 22.8. The summed E-state index contributed by atoms with van der Waals surface area (Å²) < 4.78 is 10.8. The van der Waals surface area contributed by atoms with Gasteiger partial charge in [-0.2, -0.15) is 0 Å². The second-order valence-corrected chi connectivity index (χ2v) is 9.54. The highest BCUT2D eigenvalue weighted by Gasteiger charge is 2.34. The Morgan fingerprint density at radius 2 is 1.90 bits per heavy atom. The van der Waals surface area contributed by atoms with E-state index >= 15 is 0 Å². The van der Waals surface area contributed by atoms with Crippen molar-refractivity contribution < 1.29 is 19.1 Å². The van der Waals surface area contributed by atoms with Gasteiger partial charge in [0.15, 0.2) is 0 Å². The van der Waals surface area contributed by atoms with Crippen LogP contribution in [0.4, 0.5) is 10.5 Å². The molecule has 30 heavy (non-hydrogen) atoms. The molecule has 8 heteroatoms. The number of morpholine rings is 1. The van der Waals surface area contributed by atoms with Gasteiger partial charge in [-0.05, 0) is 51.0 Å². The summed E-state index contributed by atoms with van der Waals surface area (Å²) in [6, 6.07) is 3.80. The fourth-order valence-corrected chi connectivity index (χ4v) is 3.86. The number of likely N-dealkylation sites (tertiary alicyclic amines) is 1. The molecule has 2 fully saturated rings. The molecule has 0 saturated carbocycles. The largest absolute Gasteiger partial charge is 0.444 e. The van der Waals surface area contributed by atoms with Crippen LogP contribution >= 0.6 is 11.6 Å². The van der Waals surface area contributed by atoms with Crippen LogP contribution in [0.25, 0.3) is 0 Å². The first-order valence-corrected chi connectivity index (χ1v) is 10.9. The van der Waals surface area contributed by atoms with Gasteiger partial charge in [0.05, 0.1) is 13.2 Å². The second kappa shape index (κ2) is 9.54. The van der Waals surface area contributed by atoms with E-state index in [0.29, 0.717) is 30.2 Å². The van der Waals surface area contributed by atoms with Crippen molar-refractivity contribution in [2.75, 3.05) is 44.7 Å². The molecule has 0 aromatic heterocycles. The van der Waals surface area contributed by atoms with Gasteiger partial charge >= 0.3 is 6.09 Å². The first-order chi connectivity index (χ1) is 14.1. The molecule has 1 aromatic carbocycles. The predicted octanol–water partition coefficient (Wildman–Crippen LogP) is 3.68. The lowest BCUT2D eigenvalue weighted by atomic mass is 9.96. The average molecular weight is 438 g/mol. The van der Waals surface area contributed by atoms with Crippen LogP contribution in [0.1, 0.15) is 38.3 Å². The highest BCUT2D eigenvalue weighted by Crippen LogP contribution is 2.27. The zero-order valence-corrected chi connectivity index (χ0v) is 19.1. The SMILES string of the molecule is Cc1c(Cl)cc(NC(=O)CC2CN(C(=O)OC(C)(C)C)C2)cc1CN1CCOCC1. The van der Waals surface area contributed by atoms with Crippen LogP contribution in [0, 0.1) is 12.8 Å². The first-order valence-electron chi connectivity index (χ1n) is 10.5. The Morgan fingerprint density at radius 1 is 1.23 bits per heavy atom. The Morgan fingerprint density at radius 3 is 2.53 bits per heavy atom. The Bertz CT molecular complexity index is 781. The van der Waals surface area contributed by atoms with E-state index in [1.54, 1.807) is 11.0 Å². The summed E-state index contributed by atoms with van der Waals surface area (Å²) in [5, 5.41) is 3.62. The van der Waals surface area contributed by atoms with Crippen molar-refractivity contribution in [1.82, 2.24) is 9.80 Å². The number of nitrogens with zero attached hydrogens (tertiary/aromatic N) is 2. The maximum absolute atomic E-state index is 12.5. The van der Waals surface area contributed by atoms with Crippen LogP contribution < -0.4 is 5.32 Å². The van der Waals surface area contributed by atoms with E-state index in [-0.39, 0.29) is 17.9 Å². The predicted molar refractivity (Wildman–Crippen MR) is 117 cm³/mol. The Kier molecular flexibility index (Phi) is 7.26. The van der Waals surface area contributed by atoms with Crippen molar-refractivity contribution in [3.63, 3.8) is 0 Å². The lowest BCUT2D eigenvalue weighted by molar-refractivity contribution is -0.118. The number of halogens is 1. The third-order valence-electron chi connectivity index (χ3n) is 5.32. The topological polar surface area (TPSA) is 71.1 Å². The monoisotopic (exact) mass is 437 g/mol. The summed E-state index contributed by atoms with van der Waals surface area (Å²) in [4.78, 5) is 28.5. The van der Waals surface area contributed by atoms with E-state index in [4.69, 9.17) is 21.1 Å². The number of benzene rings is 1. The van der Waals surface area contributed by atoms with Gasteiger partial charge in [0.25, 0.3) is 0 Å². The lowest BCUT2D eigenvalue weighted by Gasteiger charge is -2.39. The van der Waals surface area contributed by atoms with E-state index < -0.39 is 5.60 Å². The fraction of sp³-hybridized carbons (Fsp3) is 0.636. The molecule has 0 atom stereocenters. The fourth-order valence-electron chi connectivity index (χ4n) is 3.62. The third-order valence-corrected chi connectivity index (χ3v) is 5.71. The van der Waals surface area contributed by atoms with Crippen molar-refractivity contribution in [2.24, 2.45) is 5.92 Å². The van der Waals surface area contributed by atoms with Crippen LogP contribution in [0.2, 0.25) is 5.02 Å². The van der Waals surface area contributed by atoms with Gasteiger partial charge in [-0.15, -0.1) is 0 Å². The minimum absolute atomic E-state index is 0.0684. The number of rotatable bonds is 5.